The van der Waals surface area contributed by atoms with Crippen LogP contribution in [-0.4, -0.2) is 22.0 Å². The summed E-state index contributed by atoms with van der Waals surface area (Å²) in [5, 5.41) is 3.69. The molecule has 1 N–H and O–H groups in total. The van der Waals surface area contributed by atoms with Crippen molar-refractivity contribution >= 4 is 39.9 Å². The zero-order valence-electron chi connectivity index (χ0n) is 16.6. The lowest BCUT2D eigenvalue weighted by atomic mass is 10.1. The lowest BCUT2D eigenvalue weighted by Gasteiger charge is -2.30. The third-order valence-corrected chi connectivity index (χ3v) is 5.83. The number of hydrogen-bond donors (Lipinski definition) is 1. The molecular formula is C24H21ClN4O. The standard InChI is InChI=1S/C24H21ClN4O/c1-16-4-2-3-5-20(16)24(30)26-18-7-9-19(10-8-18)28-12-13-29-22-11-6-17(25)14-21(22)27-23(29)15-28/h2-11,14H,12-13,15H2,1H3,(H,26,30). The Morgan fingerprint density at radius 3 is 2.63 bits per heavy atom. The molecule has 0 unspecified atom stereocenters. The maximum Gasteiger partial charge on any atom is 0.255 e. The summed E-state index contributed by atoms with van der Waals surface area (Å²) in [6.07, 6.45) is 0. The second kappa shape index (κ2) is 7.50. The van der Waals surface area contributed by atoms with Gasteiger partial charge in [-0.2, -0.15) is 0 Å². The molecule has 1 aromatic heterocycles. The van der Waals surface area contributed by atoms with Crippen LogP contribution in [0.2, 0.25) is 5.02 Å². The highest BCUT2D eigenvalue weighted by Crippen LogP contribution is 2.27. The lowest BCUT2D eigenvalue weighted by molar-refractivity contribution is 0.102. The van der Waals surface area contributed by atoms with Crippen molar-refractivity contribution in [2.24, 2.45) is 0 Å². The van der Waals surface area contributed by atoms with Crippen molar-refractivity contribution in [2.45, 2.75) is 20.0 Å². The zero-order chi connectivity index (χ0) is 20.7. The van der Waals surface area contributed by atoms with E-state index in [0.29, 0.717) is 10.6 Å². The summed E-state index contributed by atoms with van der Waals surface area (Å²) in [5.41, 5.74) is 5.61. The number of rotatable bonds is 3. The largest absolute Gasteiger partial charge is 0.362 e. The first-order valence-corrected chi connectivity index (χ1v) is 10.3. The minimum atomic E-state index is -0.0915. The van der Waals surface area contributed by atoms with E-state index in [2.05, 4.69) is 14.8 Å². The number of carbonyl (C=O) groups is 1. The summed E-state index contributed by atoms with van der Waals surface area (Å²) in [7, 11) is 0. The van der Waals surface area contributed by atoms with Crippen molar-refractivity contribution in [2.75, 3.05) is 16.8 Å². The van der Waals surface area contributed by atoms with E-state index in [-0.39, 0.29) is 5.91 Å². The molecule has 1 aliphatic heterocycles. The van der Waals surface area contributed by atoms with Crippen molar-refractivity contribution in [1.82, 2.24) is 9.55 Å². The highest BCUT2D eigenvalue weighted by atomic mass is 35.5. The number of carbonyl (C=O) groups excluding carboxylic acids is 1. The Labute approximate surface area is 179 Å². The van der Waals surface area contributed by atoms with Gasteiger partial charge in [0.25, 0.3) is 5.91 Å². The number of hydrogen-bond acceptors (Lipinski definition) is 3. The number of aryl methyl sites for hydroxylation is 1. The molecule has 0 atom stereocenters. The van der Waals surface area contributed by atoms with E-state index in [1.165, 1.54) is 0 Å². The SMILES string of the molecule is Cc1ccccc1C(=O)Nc1ccc(N2CCn3c(nc4cc(Cl)ccc43)C2)cc1. The van der Waals surface area contributed by atoms with E-state index >= 15 is 0 Å². The van der Waals surface area contributed by atoms with E-state index in [1.807, 2.05) is 73.7 Å². The monoisotopic (exact) mass is 416 g/mol. The second-order valence-corrected chi connectivity index (χ2v) is 7.99. The van der Waals surface area contributed by atoms with Gasteiger partial charge in [0.2, 0.25) is 0 Å². The Hall–Kier alpha value is -3.31. The summed E-state index contributed by atoms with van der Waals surface area (Å²) in [6, 6.07) is 21.4. The maximum absolute atomic E-state index is 12.5. The number of halogens is 1. The first kappa shape index (κ1) is 18.7. The fourth-order valence-electron chi connectivity index (χ4n) is 4.00. The predicted molar refractivity (Wildman–Crippen MR) is 121 cm³/mol. The molecule has 2 heterocycles. The number of anilines is 2. The van der Waals surface area contributed by atoms with Crippen LogP contribution in [0.3, 0.4) is 0 Å². The first-order valence-electron chi connectivity index (χ1n) is 9.95. The molecule has 4 aromatic rings. The topological polar surface area (TPSA) is 50.2 Å². The molecule has 1 aliphatic rings. The first-order chi connectivity index (χ1) is 14.6. The minimum Gasteiger partial charge on any atom is -0.362 e. The van der Waals surface area contributed by atoms with E-state index < -0.39 is 0 Å². The van der Waals surface area contributed by atoms with Gasteiger partial charge in [-0.3, -0.25) is 4.79 Å². The molecule has 0 saturated heterocycles. The zero-order valence-corrected chi connectivity index (χ0v) is 17.4. The van der Waals surface area contributed by atoms with Crippen LogP contribution < -0.4 is 10.2 Å². The van der Waals surface area contributed by atoms with Gasteiger partial charge in [-0.05, 0) is 61.0 Å². The number of nitrogens with zero attached hydrogens (tertiary/aromatic N) is 3. The van der Waals surface area contributed by atoms with Crippen LogP contribution in [0.25, 0.3) is 11.0 Å². The van der Waals surface area contributed by atoms with E-state index in [0.717, 1.165) is 53.4 Å². The van der Waals surface area contributed by atoms with Crippen LogP contribution in [0.1, 0.15) is 21.7 Å². The molecule has 0 aliphatic carbocycles. The molecule has 0 bridgehead atoms. The average Bonchev–Trinajstić information content (AvgIpc) is 3.11. The summed E-state index contributed by atoms with van der Waals surface area (Å²) < 4.78 is 2.26. The maximum atomic E-state index is 12.5. The van der Waals surface area contributed by atoms with Crippen LogP contribution in [0.5, 0.6) is 0 Å². The van der Waals surface area contributed by atoms with Gasteiger partial charge >= 0.3 is 0 Å². The Morgan fingerprint density at radius 1 is 1.03 bits per heavy atom. The summed E-state index contributed by atoms with van der Waals surface area (Å²) in [4.78, 5) is 19.6. The number of nitrogens with one attached hydrogen (secondary N) is 1. The number of fused-ring (bicyclic) bond motifs is 3. The van der Waals surface area contributed by atoms with Gasteiger partial charge in [0.1, 0.15) is 5.82 Å². The Balaban J connectivity index is 1.32. The fourth-order valence-corrected chi connectivity index (χ4v) is 4.16. The quantitative estimate of drug-likeness (QED) is 0.495. The molecule has 6 heteroatoms. The molecule has 0 fully saturated rings. The summed E-state index contributed by atoms with van der Waals surface area (Å²) in [5.74, 6) is 0.946. The number of aromatic nitrogens is 2. The molecule has 30 heavy (non-hydrogen) atoms. The molecule has 3 aromatic carbocycles. The van der Waals surface area contributed by atoms with Gasteiger partial charge in [0.05, 0.1) is 17.6 Å². The Morgan fingerprint density at radius 2 is 1.83 bits per heavy atom. The van der Waals surface area contributed by atoms with Crippen LogP contribution in [0.15, 0.2) is 66.7 Å². The van der Waals surface area contributed by atoms with Crippen LogP contribution in [0, 0.1) is 6.92 Å². The third kappa shape index (κ3) is 3.42. The molecule has 5 nitrogen and oxygen atoms in total. The Bertz CT molecular complexity index is 1250. The van der Waals surface area contributed by atoms with E-state index in [9.17, 15) is 4.79 Å². The van der Waals surface area contributed by atoms with Gasteiger partial charge in [-0.25, -0.2) is 4.98 Å². The second-order valence-electron chi connectivity index (χ2n) is 7.55. The third-order valence-electron chi connectivity index (χ3n) is 5.60. The summed E-state index contributed by atoms with van der Waals surface area (Å²) in [6.45, 7) is 4.45. The van der Waals surface area contributed by atoms with Gasteiger partial charge in [-0.15, -0.1) is 0 Å². The summed E-state index contributed by atoms with van der Waals surface area (Å²) >= 11 is 6.12. The van der Waals surface area contributed by atoms with Gasteiger partial charge in [0.15, 0.2) is 0 Å². The Kier molecular flexibility index (Phi) is 4.68. The number of imidazole rings is 1. The molecule has 0 spiro atoms. The van der Waals surface area contributed by atoms with Crippen LogP contribution in [0.4, 0.5) is 11.4 Å². The van der Waals surface area contributed by atoms with Crippen molar-refractivity contribution < 1.29 is 4.79 Å². The normalized spacial score (nSPS) is 13.3. The lowest BCUT2D eigenvalue weighted by Crippen LogP contribution is -2.33. The van der Waals surface area contributed by atoms with Crippen molar-refractivity contribution in [3.05, 3.63) is 88.7 Å². The molecule has 0 saturated carbocycles. The van der Waals surface area contributed by atoms with Gasteiger partial charge < -0.3 is 14.8 Å². The highest BCUT2D eigenvalue weighted by molar-refractivity contribution is 6.31. The number of benzene rings is 3. The van der Waals surface area contributed by atoms with Crippen molar-refractivity contribution in [3.63, 3.8) is 0 Å². The smallest absolute Gasteiger partial charge is 0.255 e. The van der Waals surface area contributed by atoms with Crippen LogP contribution in [-0.2, 0) is 13.1 Å². The van der Waals surface area contributed by atoms with Gasteiger partial charge in [-0.1, -0.05) is 29.8 Å². The average molecular weight is 417 g/mol. The molecule has 5 rings (SSSR count). The van der Waals surface area contributed by atoms with Crippen LogP contribution >= 0.6 is 11.6 Å². The number of amides is 1. The molecule has 150 valence electrons. The molecule has 0 radical (unpaired) electrons. The fraction of sp³-hybridized carbons (Fsp3) is 0.167. The van der Waals surface area contributed by atoms with Crippen molar-refractivity contribution in [1.29, 1.82) is 0 Å². The minimum absolute atomic E-state index is 0.0915. The van der Waals surface area contributed by atoms with E-state index in [1.54, 1.807) is 0 Å². The van der Waals surface area contributed by atoms with Crippen molar-refractivity contribution in [3.8, 4) is 0 Å². The van der Waals surface area contributed by atoms with Gasteiger partial charge in [0, 0.05) is 35.1 Å². The molecular weight excluding hydrogens is 396 g/mol. The predicted octanol–water partition coefficient (Wildman–Crippen LogP) is 5.27. The molecule has 1 amide bonds. The highest BCUT2D eigenvalue weighted by Gasteiger charge is 2.20. The van der Waals surface area contributed by atoms with E-state index in [4.69, 9.17) is 16.6 Å².